The average molecular weight is 523 g/mol. The minimum Gasteiger partial charge on any atom is -0.469 e. The summed E-state index contributed by atoms with van der Waals surface area (Å²) in [6, 6.07) is -0.118. The molecule has 9 heteroatoms. The van der Waals surface area contributed by atoms with E-state index in [1.165, 1.54) is 13.5 Å². The molecule has 0 radical (unpaired) electrons. The van der Waals surface area contributed by atoms with Crippen molar-refractivity contribution in [3.63, 3.8) is 0 Å². The molecular weight excluding hydrogens is 489 g/mol. The van der Waals surface area contributed by atoms with Crippen molar-refractivity contribution in [3.05, 3.63) is 0 Å². The molecule has 5 fully saturated rings. The molecule has 0 bridgehead atoms. The number of alkyl carbamates (subject to hydrolysis) is 1. The van der Waals surface area contributed by atoms with Gasteiger partial charge in [0.1, 0.15) is 6.61 Å². The summed E-state index contributed by atoms with van der Waals surface area (Å²) in [5.74, 6) is 1.49. The SMILES string of the molecule is COC(=O)C1CC[C@H]2[C@@H]3CCC4CC5OC5C[C@]4(C)[C@@H]3C(NC(=O)OCC(Cl)(Cl)Cl)C[C@]12C. The lowest BCUT2D eigenvalue weighted by Crippen LogP contribution is -2.63. The van der Waals surface area contributed by atoms with Crippen LogP contribution in [0.3, 0.4) is 0 Å². The quantitative estimate of drug-likeness (QED) is 0.310. The van der Waals surface area contributed by atoms with Crippen LogP contribution in [0.4, 0.5) is 4.79 Å². The number of halogens is 3. The molecule has 33 heavy (non-hydrogen) atoms. The van der Waals surface area contributed by atoms with E-state index >= 15 is 0 Å². The van der Waals surface area contributed by atoms with E-state index in [1.807, 2.05) is 0 Å². The number of carbonyl (C=O) groups excluding carboxylic acids is 2. The third-order valence-electron chi connectivity index (χ3n) is 10.0. The highest BCUT2D eigenvalue weighted by Crippen LogP contribution is 2.68. The molecule has 0 aromatic rings. The van der Waals surface area contributed by atoms with Crippen molar-refractivity contribution in [2.24, 2.45) is 40.4 Å². The normalized spacial score (nSPS) is 47.9. The molecule has 0 aromatic carbocycles. The van der Waals surface area contributed by atoms with Crippen LogP contribution in [-0.4, -0.2) is 47.8 Å². The van der Waals surface area contributed by atoms with Crippen LogP contribution in [0.1, 0.15) is 58.8 Å². The van der Waals surface area contributed by atoms with Crippen molar-refractivity contribution < 1.29 is 23.8 Å². The van der Waals surface area contributed by atoms with Crippen LogP contribution < -0.4 is 5.32 Å². The van der Waals surface area contributed by atoms with Gasteiger partial charge in [-0.15, -0.1) is 0 Å². The Morgan fingerprint density at radius 3 is 2.52 bits per heavy atom. The van der Waals surface area contributed by atoms with Crippen LogP contribution in [0.25, 0.3) is 0 Å². The second-order valence-electron chi connectivity index (χ2n) is 11.5. The van der Waals surface area contributed by atoms with E-state index in [4.69, 9.17) is 49.0 Å². The van der Waals surface area contributed by atoms with E-state index in [0.717, 1.165) is 38.5 Å². The highest BCUT2D eigenvalue weighted by Gasteiger charge is 2.67. The van der Waals surface area contributed by atoms with Gasteiger partial charge in [-0.05, 0) is 79.4 Å². The number of fused-ring (bicyclic) bond motifs is 6. The molecule has 5 rings (SSSR count). The standard InChI is InChI=1S/C24H34Cl3NO5/c1-22-10-18-17(33-18)8-12(22)4-5-13-14-6-7-15(20(29)31-3)23(14,2)9-16(19(13)22)28-21(30)32-11-24(25,26)27/h12-19H,4-11H2,1-3H3,(H,28,30)/t12?,13-,14-,15?,16?,17?,18?,19-,22-,23-/m0/s1. The Bertz CT molecular complexity index is 820. The summed E-state index contributed by atoms with van der Waals surface area (Å²) in [5.41, 5.74) is -0.143. The van der Waals surface area contributed by atoms with E-state index in [1.54, 1.807) is 0 Å². The molecule has 0 aromatic heterocycles. The zero-order valence-corrected chi connectivity index (χ0v) is 21.7. The van der Waals surface area contributed by atoms with Gasteiger partial charge in [-0.1, -0.05) is 48.7 Å². The molecule has 5 aliphatic rings. The van der Waals surface area contributed by atoms with Gasteiger partial charge in [0, 0.05) is 6.04 Å². The van der Waals surface area contributed by atoms with Gasteiger partial charge in [0.25, 0.3) is 0 Å². The minimum absolute atomic E-state index is 0.0818. The van der Waals surface area contributed by atoms with E-state index in [0.29, 0.717) is 35.9 Å². The lowest BCUT2D eigenvalue weighted by atomic mass is 9.43. The van der Waals surface area contributed by atoms with Gasteiger partial charge >= 0.3 is 12.1 Å². The molecule has 4 aliphatic carbocycles. The average Bonchev–Trinajstić information content (AvgIpc) is 3.38. The Morgan fingerprint density at radius 2 is 1.82 bits per heavy atom. The maximum Gasteiger partial charge on any atom is 0.407 e. The summed E-state index contributed by atoms with van der Waals surface area (Å²) in [6.07, 6.45) is 7.25. The van der Waals surface area contributed by atoms with Gasteiger partial charge in [-0.25, -0.2) is 4.79 Å². The first kappa shape index (κ1) is 24.3. The maximum absolute atomic E-state index is 12.8. The first-order chi connectivity index (χ1) is 15.5. The fourth-order valence-electron chi connectivity index (χ4n) is 8.72. The number of hydrogen-bond donors (Lipinski definition) is 1. The van der Waals surface area contributed by atoms with Gasteiger partial charge in [0.05, 0.1) is 25.2 Å². The topological polar surface area (TPSA) is 77.2 Å². The molecule has 1 amide bonds. The van der Waals surface area contributed by atoms with Crippen LogP contribution in [0.5, 0.6) is 0 Å². The Morgan fingerprint density at radius 1 is 1.06 bits per heavy atom. The van der Waals surface area contributed by atoms with Crippen molar-refractivity contribution in [2.75, 3.05) is 13.7 Å². The van der Waals surface area contributed by atoms with Crippen molar-refractivity contribution >= 4 is 46.9 Å². The second kappa shape index (κ2) is 8.31. The highest BCUT2D eigenvalue weighted by molar-refractivity contribution is 6.67. The summed E-state index contributed by atoms with van der Waals surface area (Å²) < 4.78 is 14.8. The number of carbonyl (C=O) groups is 2. The van der Waals surface area contributed by atoms with E-state index in [-0.39, 0.29) is 35.4 Å². The highest BCUT2D eigenvalue weighted by atomic mass is 35.6. The fraction of sp³-hybridized carbons (Fsp3) is 0.917. The first-order valence-corrected chi connectivity index (χ1v) is 13.3. The van der Waals surface area contributed by atoms with Crippen molar-refractivity contribution in [1.29, 1.82) is 0 Å². The number of methoxy groups -OCH3 is 1. The zero-order valence-electron chi connectivity index (χ0n) is 19.5. The zero-order chi connectivity index (χ0) is 23.8. The van der Waals surface area contributed by atoms with Crippen LogP contribution in [0.2, 0.25) is 0 Å². The molecule has 1 aliphatic heterocycles. The molecule has 6 nitrogen and oxygen atoms in total. The Labute approximate surface area is 210 Å². The molecule has 10 atom stereocenters. The van der Waals surface area contributed by atoms with Crippen molar-refractivity contribution in [3.8, 4) is 0 Å². The number of alkyl halides is 3. The van der Waals surface area contributed by atoms with Crippen LogP contribution in [0, 0.1) is 40.4 Å². The maximum atomic E-state index is 12.8. The lowest BCUT2D eigenvalue weighted by Gasteiger charge is -2.62. The predicted octanol–water partition coefficient (Wildman–Crippen LogP) is 5.27. The van der Waals surface area contributed by atoms with Crippen molar-refractivity contribution in [1.82, 2.24) is 5.32 Å². The molecule has 186 valence electrons. The molecule has 5 unspecified atom stereocenters. The lowest BCUT2D eigenvalue weighted by molar-refractivity contribution is -0.157. The first-order valence-electron chi connectivity index (χ1n) is 12.2. The van der Waals surface area contributed by atoms with Crippen LogP contribution in [-0.2, 0) is 19.0 Å². The van der Waals surface area contributed by atoms with Gasteiger partial charge in [-0.3, -0.25) is 4.79 Å². The number of epoxide rings is 1. The number of nitrogens with one attached hydrogen (secondary N) is 1. The summed E-state index contributed by atoms with van der Waals surface area (Å²) in [4.78, 5) is 25.5. The number of rotatable bonds is 3. The van der Waals surface area contributed by atoms with Crippen LogP contribution in [0.15, 0.2) is 0 Å². The summed E-state index contributed by atoms with van der Waals surface area (Å²) in [5, 5.41) is 3.16. The second-order valence-corrected chi connectivity index (χ2v) is 14.1. The number of ether oxygens (including phenoxy) is 3. The molecule has 0 spiro atoms. The third-order valence-corrected chi connectivity index (χ3v) is 10.4. The summed E-state index contributed by atoms with van der Waals surface area (Å²) >= 11 is 17.4. The molecule has 4 saturated carbocycles. The van der Waals surface area contributed by atoms with Gasteiger partial charge in [0.15, 0.2) is 0 Å². The van der Waals surface area contributed by atoms with E-state index in [2.05, 4.69) is 19.2 Å². The van der Waals surface area contributed by atoms with Crippen LogP contribution >= 0.6 is 34.8 Å². The van der Waals surface area contributed by atoms with E-state index in [9.17, 15) is 9.59 Å². The molecular formula is C24H34Cl3NO5. The largest absolute Gasteiger partial charge is 0.469 e. The Hall–Kier alpha value is -0.430. The molecule has 1 heterocycles. The van der Waals surface area contributed by atoms with Crippen molar-refractivity contribution in [2.45, 2.75) is 80.8 Å². The minimum atomic E-state index is -1.66. The monoisotopic (exact) mass is 521 g/mol. The molecule has 1 saturated heterocycles. The van der Waals surface area contributed by atoms with Gasteiger partial charge in [0.2, 0.25) is 3.79 Å². The Kier molecular flexibility index (Phi) is 6.12. The van der Waals surface area contributed by atoms with Gasteiger partial charge < -0.3 is 19.5 Å². The predicted molar refractivity (Wildman–Crippen MR) is 125 cm³/mol. The third kappa shape index (κ3) is 4.15. The van der Waals surface area contributed by atoms with E-state index < -0.39 is 9.89 Å². The molecule has 1 N–H and O–H groups in total. The Balaban J connectivity index is 1.45. The van der Waals surface area contributed by atoms with Gasteiger partial charge in [-0.2, -0.15) is 0 Å². The summed E-state index contributed by atoms with van der Waals surface area (Å²) in [6.45, 7) is 4.31. The number of hydrogen-bond acceptors (Lipinski definition) is 5. The smallest absolute Gasteiger partial charge is 0.407 e. The number of esters is 1. The number of amides is 1. The fourth-order valence-corrected chi connectivity index (χ4v) is 8.88. The summed E-state index contributed by atoms with van der Waals surface area (Å²) in [7, 11) is 1.47.